The minimum absolute atomic E-state index is 0.0347. The SMILES string of the molecule is CN(C)[C@@H]1C(=O)C(C(N)=O)=C(O)[C@@]2(O)C(=O)C3=C(O)c4c(O)ccc(-c5ccc(CN)cc5)c4CC3CC12. The van der Waals surface area contributed by atoms with Gasteiger partial charge in [0.05, 0.1) is 11.6 Å². The fourth-order valence-electron chi connectivity index (χ4n) is 6.33. The molecule has 0 heterocycles. The molecule has 0 spiro atoms. The molecule has 2 aromatic carbocycles. The fraction of sp³-hybridized carbons (Fsp3) is 0.321. The van der Waals surface area contributed by atoms with Gasteiger partial charge in [0, 0.05) is 18.0 Å². The Morgan fingerprint density at radius 2 is 1.74 bits per heavy atom. The van der Waals surface area contributed by atoms with Crippen LogP contribution in [0.3, 0.4) is 0 Å². The highest BCUT2D eigenvalue weighted by atomic mass is 16.3. The van der Waals surface area contributed by atoms with E-state index in [0.29, 0.717) is 12.1 Å². The Kier molecular flexibility index (Phi) is 5.94. The summed E-state index contributed by atoms with van der Waals surface area (Å²) >= 11 is 0. The third-order valence-corrected chi connectivity index (χ3v) is 8.10. The summed E-state index contributed by atoms with van der Waals surface area (Å²) in [5.41, 5.74) is 10.6. The van der Waals surface area contributed by atoms with Crippen molar-refractivity contribution in [3.05, 3.63) is 70.0 Å². The minimum Gasteiger partial charge on any atom is -0.508 e. The van der Waals surface area contributed by atoms with Crippen molar-refractivity contribution >= 4 is 23.2 Å². The number of aliphatic hydroxyl groups is 3. The van der Waals surface area contributed by atoms with E-state index in [1.54, 1.807) is 20.2 Å². The third kappa shape index (κ3) is 3.41. The first-order valence-corrected chi connectivity index (χ1v) is 12.2. The van der Waals surface area contributed by atoms with Crippen LogP contribution in [0.25, 0.3) is 16.9 Å². The summed E-state index contributed by atoms with van der Waals surface area (Å²) in [4.78, 5) is 40.6. The van der Waals surface area contributed by atoms with Crippen molar-refractivity contribution in [2.75, 3.05) is 14.1 Å². The molecule has 2 aromatic rings. The Balaban J connectivity index is 1.72. The minimum atomic E-state index is -2.66. The van der Waals surface area contributed by atoms with E-state index in [1.807, 2.05) is 24.3 Å². The van der Waals surface area contributed by atoms with Crippen LogP contribution < -0.4 is 11.5 Å². The van der Waals surface area contributed by atoms with Gasteiger partial charge in [0.1, 0.15) is 22.8 Å². The Morgan fingerprint density at radius 3 is 2.32 bits per heavy atom. The number of hydrogen-bond acceptors (Lipinski definition) is 9. The van der Waals surface area contributed by atoms with Crippen molar-refractivity contribution in [3.8, 4) is 16.9 Å². The predicted molar refractivity (Wildman–Crippen MR) is 138 cm³/mol. The smallest absolute Gasteiger partial charge is 0.255 e. The number of hydrogen-bond donors (Lipinski definition) is 6. The molecule has 0 aromatic heterocycles. The lowest BCUT2D eigenvalue weighted by Crippen LogP contribution is -2.65. The topological polar surface area (TPSA) is 187 Å². The van der Waals surface area contributed by atoms with Gasteiger partial charge in [-0.15, -0.1) is 0 Å². The molecule has 198 valence electrons. The van der Waals surface area contributed by atoms with E-state index in [-0.39, 0.29) is 29.7 Å². The molecular weight excluding hydrogens is 490 g/mol. The van der Waals surface area contributed by atoms with Gasteiger partial charge in [-0.05, 0) is 61.2 Å². The van der Waals surface area contributed by atoms with Crippen LogP contribution in [0.5, 0.6) is 5.75 Å². The molecule has 3 aliphatic rings. The molecule has 3 aliphatic carbocycles. The van der Waals surface area contributed by atoms with Gasteiger partial charge in [0.2, 0.25) is 5.78 Å². The van der Waals surface area contributed by atoms with Gasteiger partial charge in [0.15, 0.2) is 11.4 Å². The number of Topliss-reactive ketones (excluding diaryl/α,β-unsaturated/α-hetero) is 2. The lowest BCUT2D eigenvalue weighted by atomic mass is 9.57. The first-order chi connectivity index (χ1) is 17.9. The number of fused-ring (bicyclic) bond motifs is 3. The van der Waals surface area contributed by atoms with Crippen LogP contribution in [0.4, 0.5) is 0 Å². The second-order valence-corrected chi connectivity index (χ2v) is 10.3. The molecule has 1 saturated carbocycles. The summed E-state index contributed by atoms with van der Waals surface area (Å²) in [5, 5.41) is 44.7. The van der Waals surface area contributed by atoms with Crippen molar-refractivity contribution < 1.29 is 34.8 Å². The number of carbonyl (C=O) groups is 3. The van der Waals surface area contributed by atoms with E-state index in [2.05, 4.69) is 0 Å². The molecule has 0 saturated heterocycles. The zero-order chi connectivity index (χ0) is 27.7. The third-order valence-electron chi connectivity index (χ3n) is 8.10. The molecule has 38 heavy (non-hydrogen) atoms. The van der Waals surface area contributed by atoms with Crippen molar-refractivity contribution in [2.24, 2.45) is 23.3 Å². The van der Waals surface area contributed by atoms with Crippen LogP contribution in [0.15, 0.2) is 53.3 Å². The summed E-state index contributed by atoms with van der Waals surface area (Å²) in [6.45, 7) is 0.375. The van der Waals surface area contributed by atoms with Crippen molar-refractivity contribution in [3.63, 3.8) is 0 Å². The zero-order valence-electron chi connectivity index (χ0n) is 20.9. The maximum Gasteiger partial charge on any atom is 0.255 e. The number of ketones is 2. The standard InChI is InChI=1S/C28H29N3O7/c1-31(2)22-17-10-14-9-16-15(13-5-3-12(11-29)4-6-13)7-8-18(32)20(16)23(33)19(14)25(35)28(17,38)26(36)21(24(22)34)27(30)37/h3-8,14,17,22,32-33,36,38H,9-11,29H2,1-2H3,(H2,30,37)/t14?,17?,22-,28-/m0/s1. The van der Waals surface area contributed by atoms with Gasteiger partial charge in [-0.25, -0.2) is 0 Å². The number of aromatic hydroxyl groups is 1. The van der Waals surface area contributed by atoms with Gasteiger partial charge in [-0.1, -0.05) is 30.3 Å². The Labute approximate surface area is 218 Å². The summed E-state index contributed by atoms with van der Waals surface area (Å²) in [7, 11) is 3.13. The van der Waals surface area contributed by atoms with Gasteiger partial charge in [0.25, 0.3) is 5.91 Å². The number of amides is 1. The largest absolute Gasteiger partial charge is 0.508 e. The van der Waals surface area contributed by atoms with Crippen molar-refractivity contribution in [1.82, 2.24) is 4.90 Å². The molecule has 10 nitrogen and oxygen atoms in total. The molecular formula is C28H29N3O7. The number of aliphatic hydroxyl groups excluding tert-OH is 2. The van der Waals surface area contributed by atoms with E-state index >= 15 is 0 Å². The van der Waals surface area contributed by atoms with E-state index in [0.717, 1.165) is 16.7 Å². The molecule has 1 fully saturated rings. The molecule has 0 aliphatic heterocycles. The van der Waals surface area contributed by atoms with E-state index in [4.69, 9.17) is 11.5 Å². The van der Waals surface area contributed by atoms with E-state index < -0.39 is 58.0 Å². The lowest BCUT2D eigenvalue weighted by Gasteiger charge is -2.50. The van der Waals surface area contributed by atoms with Gasteiger partial charge in [-0.3, -0.25) is 19.3 Å². The summed E-state index contributed by atoms with van der Waals surface area (Å²) in [6.07, 6.45) is 0.254. The number of nitrogens with zero attached hydrogens (tertiary/aromatic N) is 1. The molecule has 1 amide bonds. The number of phenols is 1. The number of rotatable bonds is 4. The molecule has 10 heteroatoms. The maximum atomic E-state index is 13.9. The Hall–Kier alpha value is -3.99. The molecule has 4 atom stereocenters. The predicted octanol–water partition coefficient (Wildman–Crippen LogP) is 1.09. The quantitative estimate of drug-likeness (QED) is 0.321. The number of nitrogens with two attached hydrogens (primary N) is 2. The second kappa shape index (κ2) is 8.80. The highest BCUT2D eigenvalue weighted by Gasteiger charge is 2.64. The molecule has 0 bridgehead atoms. The lowest BCUT2D eigenvalue weighted by molar-refractivity contribution is -0.153. The maximum absolute atomic E-state index is 13.9. The molecule has 0 radical (unpaired) electrons. The highest BCUT2D eigenvalue weighted by Crippen LogP contribution is 2.53. The number of likely N-dealkylation sites (N-methyl/N-ethyl adjacent to an activating group) is 1. The monoisotopic (exact) mass is 519 g/mol. The fourth-order valence-corrected chi connectivity index (χ4v) is 6.33. The zero-order valence-corrected chi connectivity index (χ0v) is 20.9. The number of benzene rings is 2. The van der Waals surface area contributed by atoms with Crippen LogP contribution in [-0.2, 0) is 27.3 Å². The first kappa shape index (κ1) is 25.7. The van der Waals surface area contributed by atoms with Crippen LogP contribution in [0.2, 0.25) is 0 Å². The number of primary amides is 1. The van der Waals surface area contributed by atoms with Gasteiger partial charge >= 0.3 is 0 Å². The van der Waals surface area contributed by atoms with Crippen LogP contribution in [-0.4, -0.2) is 68.5 Å². The van der Waals surface area contributed by atoms with Crippen LogP contribution in [0.1, 0.15) is 23.1 Å². The summed E-state index contributed by atoms with van der Waals surface area (Å²) < 4.78 is 0. The van der Waals surface area contributed by atoms with Crippen molar-refractivity contribution in [1.29, 1.82) is 0 Å². The average molecular weight is 520 g/mol. The first-order valence-electron chi connectivity index (χ1n) is 12.2. The Bertz CT molecular complexity index is 1460. The molecule has 2 unspecified atom stereocenters. The summed E-state index contributed by atoms with van der Waals surface area (Å²) in [5.74, 6) is -6.71. The summed E-state index contributed by atoms with van der Waals surface area (Å²) in [6, 6.07) is 9.53. The van der Waals surface area contributed by atoms with Crippen LogP contribution >= 0.6 is 0 Å². The average Bonchev–Trinajstić information content (AvgIpc) is 2.86. The van der Waals surface area contributed by atoms with Gasteiger partial charge < -0.3 is 31.9 Å². The molecule has 8 N–H and O–H groups in total. The number of carbonyl (C=O) groups excluding carboxylic acids is 3. The van der Waals surface area contributed by atoms with Crippen molar-refractivity contribution in [2.45, 2.75) is 31.0 Å². The second-order valence-electron chi connectivity index (χ2n) is 10.3. The van der Waals surface area contributed by atoms with E-state index in [9.17, 15) is 34.8 Å². The van der Waals surface area contributed by atoms with E-state index in [1.165, 1.54) is 11.0 Å². The van der Waals surface area contributed by atoms with Gasteiger partial charge in [-0.2, -0.15) is 0 Å². The van der Waals surface area contributed by atoms with Crippen LogP contribution in [0, 0.1) is 11.8 Å². The Morgan fingerprint density at radius 1 is 1.08 bits per heavy atom. The molecule has 5 rings (SSSR count). The highest BCUT2D eigenvalue weighted by molar-refractivity contribution is 6.24. The normalized spacial score (nSPS) is 26.8. The number of phenolic OH excluding ortho intramolecular Hbond substituents is 1.